The minimum Gasteiger partial charge on any atom is -0.357 e. The van der Waals surface area contributed by atoms with Gasteiger partial charge in [-0.25, -0.2) is 0 Å². The second-order valence-electron chi connectivity index (χ2n) is 7.62. The van der Waals surface area contributed by atoms with Gasteiger partial charge in [0.25, 0.3) is 0 Å². The first-order valence-corrected chi connectivity index (χ1v) is 12.9. The van der Waals surface area contributed by atoms with Gasteiger partial charge in [-0.05, 0) is 54.8 Å². The number of nitrogens with one attached hydrogen (secondary N) is 2. The first-order valence-electron chi connectivity index (χ1n) is 10.7. The van der Waals surface area contributed by atoms with E-state index in [1.54, 1.807) is 23.1 Å². The van der Waals surface area contributed by atoms with E-state index in [4.69, 9.17) is 4.99 Å². The highest BCUT2D eigenvalue weighted by Crippen LogP contribution is 2.33. The summed E-state index contributed by atoms with van der Waals surface area (Å²) in [6, 6.07) is 2.78. The lowest BCUT2D eigenvalue weighted by Crippen LogP contribution is -2.38. The zero-order valence-corrected chi connectivity index (χ0v) is 19.5. The first-order chi connectivity index (χ1) is 14.2. The van der Waals surface area contributed by atoms with Crippen LogP contribution in [0.2, 0.25) is 0 Å². The highest BCUT2D eigenvalue weighted by molar-refractivity contribution is 7.98. The topological polar surface area (TPSA) is 67.1 Å². The van der Waals surface area contributed by atoms with E-state index in [1.807, 2.05) is 0 Å². The summed E-state index contributed by atoms with van der Waals surface area (Å²) in [5.74, 6) is 2.47. The zero-order valence-electron chi connectivity index (χ0n) is 17.9. The maximum atomic E-state index is 4.77. The van der Waals surface area contributed by atoms with Crippen molar-refractivity contribution in [2.45, 2.75) is 69.5 Å². The van der Waals surface area contributed by atoms with Gasteiger partial charge in [-0.2, -0.15) is 11.3 Å². The van der Waals surface area contributed by atoms with Gasteiger partial charge in [0.2, 0.25) is 0 Å². The van der Waals surface area contributed by atoms with E-state index in [0.717, 1.165) is 49.4 Å². The molecule has 2 N–H and O–H groups in total. The van der Waals surface area contributed by atoms with Gasteiger partial charge in [0.05, 0.1) is 0 Å². The minimum absolute atomic E-state index is 0.437. The van der Waals surface area contributed by atoms with E-state index in [1.165, 1.54) is 31.2 Å². The van der Waals surface area contributed by atoms with Gasteiger partial charge < -0.3 is 15.2 Å². The fraction of sp³-hybridized carbons (Fsp3) is 0.667. The zero-order chi connectivity index (χ0) is 20.5. The molecule has 6 nitrogen and oxygen atoms in total. The van der Waals surface area contributed by atoms with E-state index in [0.29, 0.717) is 12.0 Å². The van der Waals surface area contributed by atoms with Crippen LogP contribution in [0.15, 0.2) is 27.0 Å². The van der Waals surface area contributed by atoms with Crippen molar-refractivity contribution in [1.29, 1.82) is 0 Å². The summed E-state index contributed by atoms with van der Waals surface area (Å²) in [7, 11) is 0. The number of guanidine groups is 1. The van der Waals surface area contributed by atoms with Gasteiger partial charge in [-0.15, -0.1) is 10.2 Å². The van der Waals surface area contributed by atoms with Crippen molar-refractivity contribution in [2.75, 3.05) is 25.9 Å². The lowest BCUT2D eigenvalue weighted by atomic mass is 10.1. The Kier molecular flexibility index (Phi) is 8.86. The molecule has 29 heavy (non-hydrogen) atoms. The summed E-state index contributed by atoms with van der Waals surface area (Å²) in [6.45, 7) is 6.87. The van der Waals surface area contributed by atoms with Crippen LogP contribution in [0.25, 0.3) is 0 Å². The maximum Gasteiger partial charge on any atom is 0.191 e. The Bertz CT molecular complexity index is 749. The molecule has 0 spiro atoms. The molecule has 2 heterocycles. The Labute approximate surface area is 183 Å². The SMILES string of the molecule is CCNC(=NCC(C)c1ccsc1)NCCCc1nnc(SC)n1C1CCCC1. The smallest absolute Gasteiger partial charge is 0.191 e. The van der Waals surface area contributed by atoms with Crippen LogP contribution in [0.4, 0.5) is 0 Å². The number of hydrogen-bond donors (Lipinski definition) is 2. The molecule has 2 aromatic heterocycles. The van der Waals surface area contributed by atoms with Crippen LogP contribution in [-0.2, 0) is 6.42 Å². The van der Waals surface area contributed by atoms with Crippen LogP contribution in [0.5, 0.6) is 0 Å². The summed E-state index contributed by atoms with van der Waals surface area (Å²) < 4.78 is 2.40. The predicted octanol–water partition coefficient (Wildman–Crippen LogP) is 4.47. The quantitative estimate of drug-likeness (QED) is 0.250. The van der Waals surface area contributed by atoms with Crippen LogP contribution < -0.4 is 10.6 Å². The Morgan fingerprint density at radius 2 is 2.17 bits per heavy atom. The summed E-state index contributed by atoms with van der Waals surface area (Å²) in [5, 5.41) is 21.2. The van der Waals surface area contributed by atoms with Crippen molar-refractivity contribution in [2.24, 2.45) is 4.99 Å². The lowest BCUT2D eigenvalue weighted by molar-refractivity contribution is 0.460. The lowest BCUT2D eigenvalue weighted by Gasteiger charge is -2.16. The van der Waals surface area contributed by atoms with Crippen LogP contribution in [0.3, 0.4) is 0 Å². The predicted molar refractivity (Wildman–Crippen MR) is 124 cm³/mol. The Hall–Kier alpha value is -1.54. The van der Waals surface area contributed by atoms with Gasteiger partial charge in [0, 0.05) is 38.0 Å². The number of aliphatic imine (C=N–C) groups is 1. The molecule has 1 unspecified atom stereocenters. The molecule has 1 aliphatic rings. The van der Waals surface area contributed by atoms with E-state index < -0.39 is 0 Å². The minimum atomic E-state index is 0.437. The number of nitrogens with zero attached hydrogens (tertiary/aromatic N) is 4. The second kappa shape index (κ2) is 11.6. The van der Waals surface area contributed by atoms with Crippen molar-refractivity contribution in [1.82, 2.24) is 25.4 Å². The average Bonchev–Trinajstić information content (AvgIpc) is 3.49. The summed E-state index contributed by atoms with van der Waals surface area (Å²) in [6.07, 6.45) is 9.23. The Morgan fingerprint density at radius 3 is 2.86 bits per heavy atom. The third-order valence-electron chi connectivity index (χ3n) is 5.46. The number of aromatic nitrogens is 3. The van der Waals surface area contributed by atoms with Crippen molar-refractivity contribution < 1.29 is 0 Å². The third-order valence-corrected chi connectivity index (χ3v) is 6.80. The molecule has 0 bridgehead atoms. The number of hydrogen-bond acceptors (Lipinski definition) is 5. The monoisotopic (exact) mass is 434 g/mol. The molecule has 8 heteroatoms. The van der Waals surface area contributed by atoms with Crippen LogP contribution in [-0.4, -0.2) is 46.6 Å². The Morgan fingerprint density at radius 1 is 1.34 bits per heavy atom. The highest BCUT2D eigenvalue weighted by atomic mass is 32.2. The molecule has 160 valence electrons. The van der Waals surface area contributed by atoms with E-state index in [-0.39, 0.29) is 0 Å². The van der Waals surface area contributed by atoms with Crippen molar-refractivity contribution in [3.63, 3.8) is 0 Å². The molecular formula is C21H34N6S2. The van der Waals surface area contributed by atoms with E-state index in [9.17, 15) is 0 Å². The number of rotatable bonds is 10. The van der Waals surface area contributed by atoms with Gasteiger partial charge in [-0.1, -0.05) is 31.5 Å². The average molecular weight is 435 g/mol. The summed E-state index contributed by atoms with van der Waals surface area (Å²) in [4.78, 5) is 4.77. The second-order valence-corrected chi connectivity index (χ2v) is 9.17. The number of aryl methyl sites for hydroxylation is 1. The molecule has 1 aliphatic carbocycles. The third kappa shape index (κ3) is 6.22. The van der Waals surface area contributed by atoms with E-state index in [2.05, 4.69) is 62.3 Å². The molecule has 0 saturated heterocycles. The molecule has 0 aliphatic heterocycles. The molecule has 0 amide bonds. The van der Waals surface area contributed by atoms with Crippen LogP contribution in [0.1, 0.15) is 69.3 Å². The molecule has 2 aromatic rings. The molecule has 0 radical (unpaired) electrons. The first kappa shape index (κ1) is 22.2. The normalized spacial score (nSPS) is 16.3. The standard InChI is InChI=1S/C21H34N6S2/c1-4-22-20(24-14-16(2)17-11-13-29-15-17)23-12-7-10-19-25-26-21(28-3)27(19)18-8-5-6-9-18/h11,13,15-16,18H,4-10,12,14H2,1-3H3,(H2,22,23,24). The fourth-order valence-corrected chi connectivity index (χ4v) is 5.19. The Balaban J connectivity index is 1.50. The molecule has 0 aromatic carbocycles. The highest BCUT2D eigenvalue weighted by Gasteiger charge is 2.23. The van der Waals surface area contributed by atoms with Gasteiger partial charge in [0.1, 0.15) is 5.82 Å². The molecule has 1 atom stereocenters. The van der Waals surface area contributed by atoms with Crippen molar-refractivity contribution >= 4 is 29.1 Å². The molecular weight excluding hydrogens is 400 g/mol. The van der Waals surface area contributed by atoms with Crippen molar-refractivity contribution in [3.05, 3.63) is 28.2 Å². The number of thiophene rings is 1. The maximum absolute atomic E-state index is 4.77. The van der Waals surface area contributed by atoms with Crippen molar-refractivity contribution in [3.8, 4) is 0 Å². The van der Waals surface area contributed by atoms with Crippen LogP contribution >= 0.6 is 23.1 Å². The largest absolute Gasteiger partial charge is 0.357 e. The molecule has 1 saturated carbocycles. The molecule has 3 rings (SSSR count). The van der Waals surface area contributed by atoms with Gasteiger partial charge >= 0.3 is 0 Å². The summed E-state index contributed by atoms with van der Waals surface area (Å²) in [5.41, 5.74) is 1.37. The fourth-order valence-electron chi connectivity index (χ4n) is 3.83. The van der Waals surface area contributed by atoms with Gasteiger partial charge in [0.15, 0.2) is 11.1 Å². The van der Waals surface area contributed by atoms with Gasteiger partial charge in [-0.3, -0.25) is 4.99 Å². The van der Waals surface area contributed by atoms with Crippen LogP contribution in [0, 0.1) is 0 Å². The summed E-state index contributed by atoms with van der Waals surface area (Å²) >= 11 is 3.45. The number of thioether (sulfide) groups is 1. The van der Waals surface area contributed by atoms with E-state index >= 15 is 0 Å². The molecule has 1 fully saturated rings.